The van der Waals surface area contributed by atoms with Crippen LogP contribution in [0.2, 0.25) is 0 Å². The summed E-state index contributed by atoms with van der Waals surface area (Å²) in [5, 5.41) is 16.8. The Balaban J connectivity index is 1.19. The van der Waals surface area contributed by atoms with Crippen LogP contribution in [-0.2, 0) is 60.9 Å². The van der Waals surface area contributed by atoms with Gasteiger partial charge in [-0.15, -0.1) is 0 Å². The van der Waals surface area contributed by atoms with E-state index in [4.69, 9.17) is 14.5 Å². The monoisotopic (exact) mass is 911 g/mol. The predicted octanol–water partition coefficient (Wildman–Crippen LogP) is 7.13. The standard InChI is InChI=1S/C53H65N7O7/c1-9-59-45-19-17-34-28-40(45)41(48(59)39-14-11-21-55-46(39)32(4)66-8)29-53(5,6)30-67-52(65)43-15-12-22-60(57-43)51(64)44(25-33-23-37(34)27-38(61)24-33)56-49(62)47(31(2)3)58(7)50(63)36-16-18-42-35(26-36)13-10-20-54-42/h10-11,13-14,17,19-21,23-24,27-28,31-32,36,43-44,47,57,61H,9,12,15-16,18,22,25-26,29-30H2,1-8H3,(H,56,62)/t32-,36?,43-,44-,47-/m0/s1. The Morgan fingerprint density at radius 3 is 2.55 bits per heavy atom. The fourth-order valence-electron chi connectivity index (χ4n) is 10.4. The van der Waals surface area contributed by atoms with Crippen LogP contribution >= 0.6 is 0 Å². The number of phenols is 1. The highest BCUT2D eigenvalue weighted by Gasteiger charge is 2.39. The minimum atomic E-state index is -1.13. The molecule has 0 radical (unpaired) electrons. The summed E-state index contributed by atoms with van der Waals surface area (Å²) in [6.07, 6.45) is 6.68. The molecule has 1 saturated heterocycles. The van der Waals surface area contributed by atoms with E-state index < -0.39 is 41.3 Å². The topological polar surface area (TPSA) is 168 Å². The maximum absolute atomic E-state index is 14.8. The zero-order valence-electron chi connectivity index (χ0n) is 40.1. The second-order valence-corrected chi connectivity index (χ2v) is 19.7. The highest BCUT2D eigenvalue weighted by Crippen LogP contribution is 2.42. The number of carbonyl (C=O) groups is 4. The first-order chi connectivity index (χ1) is 32.1. The SMILES string of the molecule is CCn1c(-c2cccnc2[C@H](C)OC)c2c3cc(ccc31)-c1cc(O)cc(c1)C[C@H](NC(=O)[C@H](C(C)C)N(C)C(=O)C1CCc3ncccc3C1)C(=O)N1CCC[C@H](N1)C(=O)OCC(C)(C)C2. The van der Waals surface area contributed by atoms with Crippen molar-refractivity contribution in [3.63, 3.8) is 0 Å². The summed E-state index contributed by atoms with van der Waals surface area (Å²) in [5.41, 5.74) is 11.7. The van der Waals surface area contributed by atoms with Crippen molar-refractivity contribution in [2.45, 2.75) is 117 Å². The summed E-state index contributed by atoms with van der Waals surface area (Å²) < 4.78 is 14.2. The van der Waals surface area contributed by atoms with Crippen molar-refractivity contribution < 1.29 is 33.8 Å². The average molecular weight is 912 g/mol. The zero-order chi connectivity index (χ0) is 47.7. The van der Waals surface area contributed by atoms with Crippen molar-refractivity contribution in [2.24, 2.45) is 17.3 Å². The number of nitrogens with zero attached hydrogens (tertiary/aromatic N) is 5. The van der Waals surface area contributed by atoms with E-state index in [9.17, 15) is 24.3 Å². The number of amides is 3. The van der Waals surface area contributed by atoms with Crippen LogP contribution < -0.4 is 10.7 Å². The lowest BCUT2D eigenvalue weighted by atomic mass is 9.84. The summed E-state index contributed by atoms with van der Waals surface area (Å²) >= 11 is 0. The molecule has 6 bridgehead atoms. The molecular weight excluding hydrogens is 847 g/mol. The van der Waals surface area contributed by atoms with Gasteiger partial charge in [0.05, 0.1) is 24.1 Å². The summed E-state index contributed by atoms with van der Waals surface area (Å²) in [7, 11) is 3.34. The van der Waals surface area contributed by atoms with Gasteiger partial charge in [0.2, 0.25) is 11.8 Å². The van der Waals surface area contributed by atoms with Gasteiger partial charge < -0.3 is 29.4 Å². The number of aromatic nitrogens is 3. The summed E-state index contributed by atoms with van der Waals surface area (Å²) in [6.45, 7) is 13.2. The number of likely N-dealkylation sites (N-methyl/N-ethyl adjacent to an activating group) is 1. The van der Waals surface area contributed by atoms with Crippen LogP contribution in [0.5, 0.6) is 5.75 Å². The number of carbonyl (C=O) groups excluding carboxylic acids is 4. The maximum Gasteiger partial charge on any atom is 0.324 e. The number of phenolic OH excluding ortho intramolecular Hbond substituents is 1. The van der Waals surface area contributed by atoms with E-state index >= 15 is 0 Å². The Kier molecular flexibility index (Phi) is 13.9. The summed E-state index contributed by atoms with van der Waals surface area (Å²) in [5.74, 6) is -2.10. The van der Waals surface area contributed by atoms with E-state index in [1.54, 1.807) is 38.7 Å². The number of rotatable bonds is 9. The molecule has 3 aromatic heterocycles. The lowest BCUT2D eigenvalue weighted by Crippen LogP contribution is -2.62. The van der Waals surface area contributed by atoms with Crippen LogP contribution in [0, 0.1) is 17.3 Å². The van der Waals surface area contributed by atoms with Crippen molar-refractivity contribution >= 4 is 34.6 Å². The average Bonchev–Trinajstić information content (AvgIpc) is 3.62. The molecule has 0 spiro atoms. The molecule has 1 unspecified atom stereocenters. The molecule has 14 heteroatoms. The number of cyclic esters (lactones) is 1. The lowest BCUT2D eigenvalue weighted by molar-refractivity contribution is -0.155. The number of hydrazine groups is 1. The summed E-state index contributed by atoms with van der Waals surface area (Å²) in [4.78, 5) is 68.3. The highest BCUT2D eigenvalue weighted by atomic mass is 16.5. The Labute approximate surface area is 393 Å². The smallest absolute Gasteiger partial charge is 0.324 e. The molecule has 5 atom stereocenters. The van der Waals surface area contributed by atoms with Crippen molar-refractivity contribution in [1.82, 2.24) is 35.2 Å². The van der Waals surface area contributed by atoms with Gasteiger partial charge in [-0.25, -0.2) is 5.43 Å². The molecule has 1 aliphatic carbocycles. The number of benzene rings is 2. The maximum atomic E-state index is 14.8. The van der Waals surface area contributed by atoms with E-state index in [1.807, 2.05) is 51.1 Å². The number of methoxy groups -OCH3 is 1. The first-order valence-corrected chi connectivity index (χ1v) is 23.8. The number of hydrogen-bond acceptors (Lipinski definition) is 10. The first-order valence-electron chi connectivity index (χ1n) is 23.8. The molecule has 8 rings (SSSR count). The van der Waals surface area contributed by atoms with Crippen LogP contribution in [0.25, 0.3) is 33.3 Å². The number of fused-ring (bicyclic) bond motifs is 7. The van der Waals surface area contributed by atoms with E-state index in [0.29, 0.717) is 57.2 Å². The van der Waals surface area contributed by atoms with Gasteiger partial charge in [0.1, 0.15) is 23.9 Å². The number of hydrogen-bond donors (Lipinski definition) is 3. The van der Waals surface area contributed by atoms with Gasteiger partial charge in [-0.3, -0.25) is 34.2 Å². The third-order valence-electron chi connectivity index (χ3n) is 13.9. The Morgan fingerprint density at radius 1 is 1.01 bits per heavy atom. The third-order valence-corrected chi connectivity index (χ3v) is 13.9. The molecule has 3 N–H and O–H groups in total. The fourth-order valence-corrected chi connectivity index (χ4v) is 10.4. The zero-order valence-corrected chi connectivity index (χ0v) is 40.1. The minimum Gasteiger partial charge on any atom is -0.508 e. The van der Waals surface area contributed by atoms with E-state index in [-0.39, 0.29) is 42.6 Å². The van der Waals surface area contributed by atoms with Gasteiger partial charge >= 0.3 is 5.97 Å². The van der Waals surface area contributed by atoms with Gasteiger partial charge in [-0.2, -0.15) is 0 Å². The second-order valence-electron chi connectivity index (χ2n) is 19.7. The molecule has 14 nitrogen and oxygen atoms in total. The molecule has 0 saturated carbocycles. The predicted molar refractivity (Wildman–Crippen MR) is 256 cm³/mol. The van der Waals surface area contributed by atoms with Crippen LogP contribution in [0.1, 0.15) is 95.0 Å². The van der Waals surface area contributed by atoms with Gasteiger partial charge in [-0.05, 0) is 129 Å². The van der Waals surface area contributed by atoms with Crippen LogP contribution in [0.3, 0.4) is 0 Å². The van der Waals surface area contributed by atoms with Gasteiger partial charge in [0, 0.05) is 79.6 Å². The quantitative estimate of drug-likeness (QED) is 0.129. The van der Waals surface area contributed by atoms with E-state index in [1.165, 1.54) is 9.91 Å². The van der Waals surface area contributed by atoms with Crippen LogP contribution in [0.15, 0.2) is 73.1 Å². The molecule has 67 heavy (non-hydrogen) atoms. The van der Waals surface area contributed by atoms with Crippen LogP contribution in [0.4, 0.5) is 0 Å². The normalized spacial score (nSPS) is 20.7. The van der Waals surface area contributed by atoms with Crippen LogP contribution in [-0.4, -0.2) is 98.7 Å². The molecule has 3 aliphatic rings. The number of pyridine rings is 2. The Morgan fingerprint density at radius 2 is 1.79 bits per heavy atom. The number of aryl methyl sites for hydroxylation is 2. The van der Waals surface area contributed by atoms with Crippen molar-refractivity contribution in [1.29, 1.82) is 0 Å². The van der Waals surface area contributed by atoms with Crippen molar-refractivity contribution in [3.8, 4) is 28.1 Å². The number of ether oxygens (including phenoxy) is 2. The van der Waals surface area contributed by atoms with Gasteiger partial charge in [0.25, 0.3) is 5.91 Å². The number of nitrogens with one attached hydrogen (secondary N) is 2. The van der Waals surface area contributed by atoms with E-state index in [0.717, 1.165) is 55.8 Å². The van der Waals surface area contributed by atoms with Gasteiger partial charge in [0.15, 0.2) is 0 Å². The first kappa shape index (κ1) is 47.4. The second kappa shape index (κ2) is 19.6. The third kappa shape index (κ3) is 9.83. The van der Waals surface area contributed by atoms with Gasteiger partial charge in [-0.1, -0.05) is 45.9 Å². The molecule has 5 heterocycles. The number of aromatic hydroxyl groups is 1. The fraction of sp³-hybridized carbons (Fsp3) is 0.472. The lowest BCUT2D eigenvalue weighted by Gasteiger charge is -2.37. The molecule has 3 amide bonds. The molecule has 2 aliphatic heterocycles. The molecule has 354 valence electrons. The molecule has 1 fully saturated rings. The van der Waals surface area contributed by atoms with Crippen molar-refractivity contribution in [2.75, 3.05) is 27.3 Å². The van der Waals surface area contributed by atoms with Crippen molar-refractivity contribution in [3.05, 3.63) is 101 Å². The molecular formula is C53H65N7O7. The number of esters is 1. The highest BCUT2D eigenvalue weighted by molar-refractivity contribution is 5.96. The molecule has 5 aromatic rings. The summed E-state index contributed by atoms with van der Waals surface area (Å²) in [6, 6.07) is 16.7. The minimum absolute atomic E-state index is 0.00908. The van der Waals surface area contributed by atoms with E-state index in [2.05, 4.69) is 59.3 Å². The largest absolute Gasteiger partial charge is 0.508 e. The molecule has 2 aromatic carbocycles. The Bertz CT molecular complexity index is 2670. The Hall–Kier alpha value is -6.12.